The van der Waals surface area contributed by atoms with Crippen molar-refractivity contribution in [1.29, 1.82) is 0 Å². The molecule has 0 bridgehead atoms. The molecule has 0 fully saturated rings. The molecule has 18 heavy (non-hydrogen) atoms. The van der Waals surface area contributed by atoms with Gasteiger partial charge in [-0.3, -0.25) is 4.79 Å². The molecular weight excluding hydrogens is 230 g/mol. The summed E-state index contributed by atoms with van der Waals surface area (Å²) in [6.45, 7) is 2.88. The van der Waals surface area contributed by atoms with Crippen molar-refractivity contribution in [3.8, 4) is 0 Å². The fraction of sp³-hybridized carbons (Fsp3) is 0.500. The summed E-state index contributed by atoms with van der Waals surface area (Å²) in [5.74, 6) is -0.832. The lowest BCUT2D eigenvalue weighted by Gasteiger charge is -2.12. The third-order valence-electron chi connectivity index (χ3n) is 2.76. The molecule has 1 rings (SSSR count). The van der Waals surface area contributed by atoms with Crippen molar-refractivity contribution in [2.75, 3.05) is 13.1 Å². The smallest absolute Gasteiger partial charge is 0.304 e. The zero-order valence-electron chi connectivity index (χ0n) is 10.7. The molecule has 1 atom stereocenters. The van der Waals surface area contributed by atoms with Gasteiger partial charge >= 0.3 is 5.97 Å². The van der Waals surface area contributed by atoms with E-state index in [1.54, 1.807) is 0 Å². The van der Waals surface area contributed by atoms with Crippen LogP contribution in [0, 0.1) is 0 Å². The molecule has 0 aromatic heterocycles. The summed E-state index contributed by atoms with van der Waals surface area (Å²) in [5.41, 5.74) is 2.13. The van der Waals surface area contributed by atoms with E-state index in [0.717, 1.165) is 18.4 Å². The number of hydrogen-bond donors (Lipinski definition) is 3. The molecule has 0 spiro atoms. The second-order valence-electron chi connectivity index (χ2n) is 4.36. The summed E-state index contributed by atoms with van der Waals surface area (Å²) in [6.07, 6.45) is 1.64. The molecule has 100 valence electrons. The van der Waals surface area contributed by atoms with E-state index in [-0.39, 0.29) is 6.42 Å². The fourth-order valence-electron chi connectivity index (χ4n) is 1.75. The molecule has 0 heterocycles. The van der Waals surface area contributed by atoms with Crippen LogP contribution in [0.25, 0.3) is 0 Å². The second kappa shape index (κ2) is 7.84. The van der Waals surface area contributed by atoms with Gasteiger partial charge in [-0.1, -0.05) is 37.6 Å². The fourth-order valence-corrected chi connectivity index (χ4v) is 1.75. The van der Waals surface area contributed by atoms with Crippen LogP contribution in [0.2, 0.25) is 0 Å². The molecule has 1 aromatic carbocycles. The van der Waals surface area contributed by atoms with Crippen LogP contribution in [-0.4, -0.2) is 29.3 Å². The molecule has 0 amide bonds. The summed E-state index contributed by atoms with van der Waals surface area (Å²) < 4.78 is 0. The standard InChI is InChI=1S/C14H21NO3/c1-2-3-11-4-6-12(7-5-11)13(16)10-15-9-8-14(17)18/h4-7,13,15-16H,2-3,8-10H2,1H3,(H,17,18). The van der Waals surface area contributed by atoms with Crippen molar-refractivity contribution in [2.45, 2.75) is 32.3 Å². The lowest BCUT2D eigenvalue weighted by molar-refractivity contribution is -0.136. The SMILES string of the molecule is CCCc1ccc(C(O)CNCCC(=O)O)cc1. The van der Waals surface area contributed by atoms with Crippen LogP contribution in [0.1, 0.15) is 37.0 Å². The number of nitrogens with one attached hydrogen (secondary N) is 1. The zero-order valence-corrected chi connectivity index (χ0v) is 10.7. The number of aliphatic hydroxyl groups is 1. The Labute approximate surface area is 108 Å². The van der Waals surface area contributed by atoms with Gasteiger partial charge in [-0.2, -0.15) is 0 Å². The highest BCUT2D eigenvalue weighted by Crippen LogP contribution is 2.13. The van der Waals surface area contributed by atoms with E-state index in [1.807, 2.05) is 24.3 Å². The van der Waals surface area contributed by atoms with E-state index >= 15 is 0 Å². The maximum absolute atomic E-state index is 10.3. The van der Waals surface area contributed by atoms with Crippen molar-refractivity contribution in [1.82, 2.24) is 5.32 Å². The van der Waals surface area contributed by atoms with E-state index < -0.39 is 12.1 Å². The first kappa shape index (κ1) is 14.7. The van der Waals surface area contributed by atoms with Crippen molar-refractivity contribution in [2.24, 2.45) is 0 Å². The number of hydrogen-bond acceptors (Lipinski definition) is 3. The molecule has 0 saturated heterocycles. The van der Waals surface area contributed by atoms with Crippen LogP contribution in [-0.2, 0) is 11.2 Å². The van der Waals surface area contributed by atoms with Crippen LogP contribution in [0.3, 0.4) is 0 Å². The summed E-state index contributed by atoms with van der Waals surface area (Å²) >= 11 is 0. The molecule has 1 unspecified atom stereocenters. The van der Waals surface area contributed by atoms with Gasteiger partial charge in [-0.05, 0) is 17.5 Å². The largest absolute Gasteiger partial charge is 0.481 e. The van der Waals surface area contributed by atoms with Crippen LogP contribution >= 0.6 is 0 Å². The maximum atomic E-state index is 10.3. The second-order valence-corrected chi connectivity index (χ2v) is 4.36. The van der Waals surface area contributed by atoms with Crippen molar-refractivity contribution in [3.05, 3.63) is 35.4 Å². The normalized spacial score (nSPS) is 12.3. The number of benzene rings is 1. The summed E-state index contributed by atoms with van der Waals surface area (Å²) in [7, 11) is 0. The molecule has 4 heteroatoms. The predicted molar refractivity (Wildman–Crippen MR) is 70.5 cm³/mol. The molecule has 0 aliphatic rings. The number of rotatable bonds is 8. The van der Waals surface area contributed by atoms with E-state index in [2.05, 4.69) is 12.2 Å². The van der Waals surface area contributed by atoms with Gasteiger partial charge in [0.05, 0.1) is 12.5 Å². The highest BCUT2D eigenvalue weighted by atomic mass is 16.4. The minimum absolute atomic E-state index is 0.0716. The van der Waals surface area contributed by atoms with Crippen molar-refractivity contribution < 1.29 is 15.0 Å². The quantitative estimate of drug-likeness (QED) is 0.615. The predicted octanol–water partition coefficient (Wildman–Crippen LogP) is 1.74. The molecule has 0 aliphatic heterocycles. The lowest BCUT2D eigenvalue weighted by Crippen LogP contribution is -2.24. The monoisotopic (exact) mass is 251 g/mol. The first-order valence-electron chi connectivity index (χ1n) is 6.33. The van der Waals surface area contributed by atoms with Crippen molar-refractivity contribution in [3.63, 3.8) is 0 Å². The Morgan fingerprint density at radius 1 is 1.33 bits per heavy atom. The average molecular weight is 251 g/mol. The van der Waals surface area contributed by atoms with E-state index in [1.165, 1.54) is 5.56 Å². The van der Waals surface area contributed by atoms with Gasteiger partial charge in [-0.15, -0.1) is 0 Å². The van der Waals surface area contributed by atoms with Gasteiger partial charge in [0, 0.05) is 13.1 Å². The number of aliphatic carboxylic acids is 1. The van der Waals surface area contributed by atoms with Crippen LogP contribution in [0.5, 0.6) is 0 Å². The molecular formula is C14H21NO3. The minimum Gasteiger partial charge on any atom is -0.481 e. The molecule has 3 N–H and O–H groups in total. The number of carboxylic acid groups (broad SMARTS) is 1. The summed E-state index contributed by atoms with van der Waals surface area (Å²) in [6, 6.07) is 7.90. The Hall–Kier alpha value is -1.39. The number of aliphatic hydroxyl groups excluding tert-OH is 1. The van der Waals surface area contributed by atoms with Gasteiger partial charge in [0.1, 0.15) is 0 Å². The van der Waals surface area contributed by atoms with Gasteiger partial charge in [0.25, 0.3) is 0 Å². The zero-order chi connectivity index (χ0) is 13.4. The molecule has 1 aromatic rings. The Kier molecular flexibility index (Phi) is 6.39. The van der Waals surface area contributed by atoms with Gasteiger partial charge in [0.2, 0.25) is 0 Å². The molecule has 0 saturated carbocycles. The maximum Gasteiger partial charge on any atom is 0.304 e. The van der Waals surface area contributed by atoms with E-state index in [9.17, 15) is 9.90 Å². The number of aryl methyl sites for hydroxylation is 1. The van der Waals surface area contributed by atoms with Crippen LogP contribution < -0.4 is 5.32 Å². The van der Waals surface area contributed by atoms with Gasteiger partial charge < -0.3 is 15.5 Å². The highest BCUT2D eigenvalue weighted by Gasteiger charge is 2.07. The Morgan fingerprint density at radius 2 is 2.00 bits per heavy atom. The first-order chi connectivity index (χ1) is 8.63. The van der Waals surface area contributed by atoms with E-state index in [4.69, 9.17) is 5.11 Å². The molecule has 0 radical (unpaired) electrons. The third-order valence-corrected chi connectivity index (χ3v) is 2.76. The number of carboxylic acids is 1. The molecule has 0 aliphatic carbocycles. The highest BCUT2D eigenvalue weighted by molar-refractivity contribution is 5.66. The summed E-state index contributed by atoms with van der Waals surface area (Å²) in [4.78, 5) is 10.3. The van der Waals surface area contributed by atoms with Gasteiger partial charge in [-0.25, -0.2) is 0 Å². The Morgan fingerprint density at radius 3 is 2.56 bits per heavy atom. The minimum atomic E-state index is -0.832. The van der Waals surface area contributed by atoms with Crippen molar-refractivity contribution >= 4 is 5.97 Å². The van der Waals surface area contributed by atoms with Gasteiger partial charge in [0.15, 0.2) is 0 Å². The Balaban J connectivity index is 2.36. The lowest BCUT2D eigenvalue weighted by atomic mass is 10.0. The van der Waals surface area contributed by atoms with Crippen LogP contribution in [0.15, 0.2) is 24.3 Å². The summed E-state index contributed by atoms with van der Waals surface area (Å²) in [5, 5.41) is 21.3. The molecule has 4 nitrogen and oxygen atoms in total. The van der Waals surface area contributed by atoms with Crippen LogP contribution in [0.4, 0.5) is 0 Å². The first-order valence-corrected chi connectivity index (χ1v) is 6.33. The number of carbonyl (C=O) groups is 1. The van der Waals surface area contributed by atoms with E-state index in [0.29, 0.717) is 13.1 Å². The topological polar surface area (TPSA) is 69.6 Å². The third kappa shape index (κ3) is 5.29. The Bertz CT molecular complexity index is 362. The average Bonchev–Trinajstić information content (AvgIpc) is 2.35.